The van der Waals surface area contributed by atoms with Crippen molar-refractivity contribution in [3.8, 4) is 0 Å². The summed E-state index contributed by atoms with van der Waals surface area (Å²) < 4.78 is 0. The van der Waals surface area contributed by atoms with Crippen molar-refractivity contribution >= 4 is 46.5 Å². The first-order valence-corrected chi connectivity index (χ1v) is 10.4. The minimum Gasteiger partial charge on any atom is -0.349 e. The SMILES string of the molecule is Cc1ccc(/C=C/C(=O)Nc2ccc(Cl)c(C(=O)NC3CCCCC3)c2)s1. The number of aryl methyl sites for hydroxylation is 1. The number of nitrogens with one attached hydrogen (secondary N) is 2. The predicted octanol–water partition coefficient (Wildman–Crippen LogP) is 5.42. The first-order valence-electron chi connectivity index (χ1n) is 9.17. The largest absolute Gasteiger partial charge is 0.349 e. The lowest BCUT2D eigenvalue weighted by molar-refractivity contribution is -0.111. The standard InChI is InChI=1S/C21H23ClN2O2S/c1-14-7-9-17(27-14)10-12-20(25)23-16-8-11-19(22)18(13-16)21(26)24-15-5-3-2-4-6-15/h7-13,15H,2-6H2,1H3,(H,23,25)(H,24,26)/b12-10+. The van der Waals surface area contributed by atoms with Crippen molar-refractivity contribution in [1.29, 1.82) is 0 Å². The van der Waals surface area contributed by atoms with Crippen LogP contribution in [0.5, 0.6) is 0 Å². The van der Waals surface area contributed by atoms with Gasteiger partial charge >= 0.3 is 0 Å². The van der Waals surface area contributed by atoms with E-state index in [4.69, 9.17) is 11.6 Å². The van der Waals surface area contributed by atoms with E-state index in [1.54, 1.807) is 35.6 Å². The Balaban J connectivity index is 1.64. The lowest BCUT2D eigenvalue weighted by Crippen LogP contribution is -2.36. The van der Waals surface area contributed by atoms with Crippen molar-refractivity contribution in [1.82, 2.24) is 5.32 Å². The molecular weight excluding hydrogens is 380 g/mol. The fraction of sp³-hybridized carbons (Fsp3) is 0.333. The van der Waals surface area contributed by atoms with Crippen molar-refractivity contribution in [3.05, 3.63) is 56.7 Å². The Kier molecular flexibility index (Phi) is 6.69. The van der Waals surface area contributed by atoms with Crippen LogP contribution in [0.1, 0.15) is 52.2 Å². The Morgan fingerprint density at radius 1 is 1.15 bits per heavy atom. The van der Waals surface area contributed by atoms with E-state index in [0.717, 1.165) is 30.6 Å². The second-order valence-electron chi connectivity index (χ2n) is 6.77. The number of benzene rings is 1. The molecule has 27 heavy (non-hydrogen) atoms. The third kappa shape index (κ3) is 5.68. The number of amides is 2. The van der Waals surface area contributed by atoms with Gasteiger partial charge in [-0.15, -0.1) is 11.3 Å². The van der Waals surface area contributed by atoms with Crippen molar-refractivity contribution < 1.29 is 9.59 Å². The third-order valence-corrected chi connectivity index (χ3v) is 5.87. The van der Waals surface area contributed by atoms with Gasteiger partial charge in [-0.2, -0.15) is 0 Å². The van der Waals surface area contributed by atoms with E-state index in [1.807, 2.05) is 19.1 Å². The van der Waals surface area contributed by atoms with Crippen molar-refractivity contribution in [2.75, 3.05) is 5.32 Å². The number of anilines is 1. The zero-order chi connectivity index (χ0) is 19.2. The lowest BCUT2D eigenvalue weighted by Gasteiger charge is -2.23. The van der Waals surface area contributed by atoms with Gasteiger partial charge in [-0.3, -0.25) is 9.59 Å². The molecule has 2 aromatic rings. The average Bonchev–Trinajstić information content (AvgIpc) is 3.08. The van der Waals surface area contributed by atoms with Crippen molar-refractivity contribution in [2.45, 2.75) is 45.1 Å². The second kappa shape index (κ2) is 9.20. The average molecular weight is 403 g/mol. The molecule has 0 aliphatic heterocycles. The normalized spacial score (nSPS) is 15.0. The van der Waals surface area contributed by atoms with Crippen LogP contribution in [0.3, 0.4) is 0 Å². The zero-order valence-corrected chi connectivity index (χ0v) is 16.8. The predicted molar refractivity (Wildman–Crippen MR) is 113 cm³/mol. The van der Waals surface area contributed by atoms with E-state index in [0.29, 0.717) is 16.3 Å². The van der Waals surface area contributed by atoms with Crippen LogP contribution in [0.4, 0.5) is 5.69 Å². The summed E-state index contributed by atoms with van der Waals surface area (Å²) in [5.74, 6) is -0.436. The molecule has 0 atom stereocenters. The van der Waals surface area contributed by atoms with Gasteiger partial charge in [0.15, 0.2) is 0 Å². The van der Waals surface area contributed by atoms with E-state index in [1.165, 1.54) is 17.4 Å². The van der Waals surface area contributed by atoms with E-state index >= 15 is 0 Å². The molecule has 2 amide bonds. The first kappa shape index (κ1) is 19.6. The summed E-state index contributed by atoms with van der Waals surface area (Å²) in [6.45, 7) is 2.02. The summed E-state index contributed by atoms with van der Waals surface area (Å²) in [5.41, 5.74) is 0.933. The van der Waals surface area contributed by atoms with Gasteiger partial charge in [0.1, 0.15) is 0 Å². The number of thiophene rings is 1. The van der Waals surface area contributed by atoms with E-state index in [2.05, 4.69) is 10.6 Å². The fourth-order valence-corrected chi connectivity index (χ4v) is 4.16. The Hall–Kier alpha value is -2.11. The summed E-state index contributed by atoms with van der Waals surface area (Å²) in [5, 5.41) is 6.22. The maximum Gasteiger partial charge on any atom is 0.253 e. The Bertz CT molecular complexity index is 854. The van der Waals surface area contributed by atoms with Crippen molar-refractivity contribution in [3.63, 3.8) is 0 Å². The van der Waals surface area contributed by atoms with Gasteiger partial charge in [-0.1, -0.05) is 30.9 Å². The molecule has 2 N–H and O–H groups in total. The fourth-order valence-electron chi connectivity index (χ4n) is 3.17. The summed E-state index contributed by atoms with van der Waals surface area (Å²) in [6.07, 6.45) is 8.80. The highest BCUT2D eigenvalue weighted by Gasteiger charge is 2.18. The molecule has 0 unspecified atom stereocenters. The van der Waals surface area contributed by atoms with Gasteiger partial charge < -0.3 is 10.6 Å². The highest BCUT2D eigenvalue weighted by Crippen LogP contribution is 2.23. The van der Waals surface area contributed by atoms with Crippen LogP contribution in [0, 0.1) is 6.92 Å². The molecule has 0 spiro atoms. The second-order valence-corrected chi connectivity index (χ2v) is 8.50. The summed E-state index contributed by atoms with van der Waals surface area (Å²) in [6, 6.07) is 9.15. The minimum atomic E-state index is -0.248. The molecule has 0 saturated heterocycles. The molecule has 6 heteroatoms. The highest BCUT2D eigenvalue weighted by molar-refractivity contribution is 7.12. The number of halogens is 1. The van der Waals surface area contributed by atoms with Gasteiger partial charge in [0, 0.05) is 27.6 Å². The summed E-state index contributed by atoms with van der Waals surface area (Å²) in [4.78, 5) is 26.9. The highest BCUT2D eigenvalue weighted by atomic mass is 35.5. The number of hydrogen-bond acceptors (Lipinski definition) is 3. The molecule has 3 rings (SSSR count). The Morgan fingerprint density at radius 3 is 2.63 bits per heavy atom. The Morgan fingerprint density at radius 2 is 1.93 bits per heavy atom. The van der Waals surface area contributed by atoms with Gasteiger partial charge in [0.25, 0.3) is 5.91 Å². The van der Waals surface area contributed by atoms with Crippen LogP contribution in [-0.4, -0.2) is 17.9 Å². The molecule has 1 saturated carbocycles. The van der Waals surface area contributed by atoms with Gasteiger partial charge in [-0.25, -0.2) is 0 Å². The summed E-state index contributed by atoms with van der Waals surface area (Å²) >= 11 is 7.83. The Labute approximate surface area is 168 Å². The maximum atomic E-state index is 12.6. The van der Waals surface area contributed by atoms with Gasteiger partial charge in [0.2, 0.25) is 5.91 Å². The quantitative estimate of drug-likeness (QED) is 0.655. The van der Waals surface area contributed by atoms with Crippen LogP contribution in [0.25, 0.3) is 6.08 Å². The van der Waals surface area contributed by atoms with Crippen LogP contribution >= 0.6 is 22.9 Å². The van der Waals surface area contributed by atoms with E-state index < -0.39 is 0 Å². The van der Waals surface area contributed by atoms with Crippen molar-refractivity contribution in [2.24, 2.45) is 0 Å². The molecule has 142 valence electrons. The summed E-state index contributed by atoms with van der Waals surface area (Å²) in [7, 11) is 0. The molecule has 4 nitrogen and oxygen atoms in total. The van der Waals surface area contributed by atoms with Crippen LogP contribution < -0.4 is 10.6 Å². The number of rotatable bonds is 5. The molecule has 0 bridgehead atoms. The van der Waals surface area contributed by atoms with E-state index in [9.17, 15) is 9.59 Å². The molecule has 0 radical (unpaired) electrons. The zero-order valence-electron chi connectivity index (χ0n) is 15.3. The number of carbonyl (C=O) groups excluding carboxylic acids is 2. The minimum absolute atomic E-state index is 0.187. The van der Waals surface area contributed by atoms with Crippen LogP contribution in [-0.2, 0) is 4.79 Å². The lowest BCUT2D eigenvalue weighted by atomic mass is 9.95. The monoisotopic (exact) mass is 402 g/mol. The van der Waals surface area contributed by atoms with Crippen LogP contribution in [0.15, 0.2) is 36.4 Å². The molecule has 1 heterocycles. The molecule has 1 fully saturated rings. The molecule has 1 aliphatic carbocycles. The van der Waals surface area contributed by atoms with Gasteiger partial charge in [0.05, 0.1) is 10.6 Å². The topological polar surface area (TPSA) is 58.2 Å². The smallest absolute Gasteiger partial charge is 0.253 e. The molecule has 1 aliphatic rings. The molecular formula is C21H23ClN2O2S. The molecule has 1 aromatic heterocycles. The number of carbonyl (C=O) groups is 2. The number of hydrogen-bond donors (Lipinski definition) is 2. The maximum absolute atomic E-state index is 12.6. The van der Waals surface area contributed by atoms with E-state index in [-0.39, 0.29) is 17.9 Å². The van der Waals surface area contributed by atoms with Crippen LogP contribution in [0.2, 0.25) is 5.02 Å². The first-order chi connectivity index (χ1) is 13.0. The van der Waals surface area contributed by atoms with Gasteiger partial charge in [-0.05, 0) is 56.2 Å². The third-order valence-electron chi connectivity index (χ3n) is 4.58. The molecule has 1 aromatic carbocycles.